The third-order valence-electron chi connectivity index (χ3n) is 3.52. The van der Waals surface area contributed by atoms with Gasteiger partial charge in [0.05, 0.1) is 0 Å². The van der Waals surface area contributed by atoms with Gasteiger partial charge in [-0.25, -0.2) is 9.18 Å². The number of carbonyl (C=O) groups excluding carboxylic acids is 1. The van der Waals surface area contributed by atoms with Gasteiger partial charge < -0.3 is 15.6 Å². The van der Waals surface area contributed by atoms with Crippen LogP contribution < -0.4 is 10.5 Å². The first-order valence-electron chi connectivity index (χ1n) is 6.53. The second-order valence-electron chi connectivity index (χ2n) is 4.94. The van der Waals surface area contributed by atoms with E-state index in [-0.39, 0.29) is 23.5 Å². The molecule has 2 aliphatic heterocycles. The number of hydrogen-bond acceptors (Lipinski definition) is 5. The predicted octanol–water partition coefficient (Wildman–Crippen LogP) is 0.786. The van der Waals surface area contributed by atoms with Gasteiger partial charge in [0.25, 0.3) is 0 Å². The molecule has 116 valence electrons. The monoisotopic (exact) mass is 324 g/mol. The maximum Gasteiger partial charge on any atom is 0.352 e. The molecule has 0 aliphatic carbocycles. The molecular formula is C14H13FN2O4S. The second kappa shape index (κ2) is 5.62. The number of β-lactam (4-membered cyclic amide) rings is 1. The van der Waals surface area contributed by atoms with E-state index < -0.39 is 17.9 Å². The summed E-state index contributed by atoms with van der Waals surface area (Å²) in [6.45, 7) is 0.0198. The van der Waals surface area contributed by atoms with Gasteiger partial charge >= 0.3 is 5.97 Å². The zero-order chi connectivity index (χ0) is 15.9. The molecular weight excluding hydrogens is 311 g/mol. The number of amides is 1. The van der Waals surface area contributed by atoms with Crippen molar-refractivity contribution < 1.29 is 23.8 Å². The fourth-order valence-electron chi connectivity index (χ4n) is 2.39. The smallest absolute Gasteiger partial charge is 0.352 e. The van der Waals surface area contributed by atoms with Gasteiger partial charge in [0.2, 0.25) is 5.91 Å². The minimum absolute atomic E-state index is 0.0198. The number of aliphatic carboxylic acids is 1. The van der Waals surface area contributed by atoms with Crippen LogP contribution in [0.4, 0.5) is 4.39 Å². The summed E-state index contributed by atoms with van der Waals surface area (Å²) in [6, 6.07) is 4.77. The Balaban J connectivity index is 1.79. The number of halogens is 1. The molecule has 3 N–H and O–H groups in total. The van der Waals surface area contributed by atoms with Crippen molar-refractivity contribution in [3.8, 4) is 5.75 Å². The van der Waals surface area contributed by atoms with E-state index >= 15 is 0 Å². The summed E-state index contributed by atoms with van der Waals surface area (Å²) in [4.78, 5) is 24.4. The fraction of sp³-hybridized carbons (Fsp3) is 0.286. The summed E-state index contributed by atoms with van der Waals surface area (Å²) >= 11 is 1.41. The van der Waals surface area contributed by atoms with E-state index in [2.05, 4.69) is 0 Å². The molecule has 2 heterocycles. The summed E-state index contributed by atoms with van der Waals surface area (Å²) in [5, 5.41) is 9.04. The maximum atomic E-state index is 12.8. The van der Waals surface area contributed by atoms with Crippen LogP contribution in [0.15, 0.2) is 35.5 Å². The highest BCUT2D eigenvalue weighted by molar-refractivity contribution is 8.00. The lowest BCUT2D eigenvalue weighted by Crippen LogP contribution is -2.68. The molecule has 1 aromatic rings. The van der Waals surface area contributed by atoms with Crippen LogP contribution in [0.25, 0.3) is 0 Å². The Morgan fingerprint density at radius 3 is 2.77 bits per heavy atom. The molecule has 0 radical (unpaired) electrons. The Bertz CT molecular complexity index is 661. The molecule has 2 atom stereocenters. The maximum absolute atomic E-state index is 12.8. The van der Waals surface area contributed by atoms with Crippen LogP contribution in [-0.4, -0.2) is 45.7 Å². The quantitative estimate of drug-likeness (QED) is 0.795. The van der Waals surface area contributed by atoms with E-state index in [0.29, 0.717) is 17.1 Å². The van der Waals surface area contributed by atoms with Crippen LogP contribution in [0.3, 0.4) is 0 Å². The molecule has 1 aromatic carbocycles. The van der Waals surface area contributed by atoms with Crippen molar-refractivity contribution in [1.82, 2.24) is 4.90 Å². The largest absolute Gasteiger partial charge is 0.489 e. The Morgan fingerprint density at radius 1 is 1.45 bits per heavy atom. The number of nitrogens with two attached hydrogens (primary N) is 1. The van der Waals surface area contributed by atoms with Crippen molar-refractivity contribution >= 4 is 23.6 Å². The van der Waals surface area contributed by atoms with E-state index in [9.17, 15) is 19.1 Å². The number of fused-ring (bicyclic) bond motifs is 1. The lowest BCUT2D eigenvalue weighted by atomic mass is 10.0. The zero-order valence-electron chi connectivity index (χ0n) is 11.4. The second-order valence-corrected chi connectivity index (χ2v) is 6.04. The third-order valence-corrected chi connectivity index (χ3v) is 4.88. The van der Waals surface area contributed by atoms with Crippen molar-refractivity contribution in [1.29, 1.82) is 0 Å². The minimum atomic E-state index is -1.18. The molecule has 1 amide bonds. The van der Waals surface area contributed by atoms with E-state index in [1.54, 1.807) is 0 Å². The summed E-state index contributed by atoms with van der Waals surface area (Å²) in [6.07, 6.45) is 0. The van der Waals surface area contributed by atoms with Gasteiger partial charge in [-0.15, -0.1) is 11.8 Å². The molecule has 0 aromatic heterocycles. The molecule has 3 rings (SSSR count). The Morgan fingerprint density at radius 2 is 2.14 bits per heavy atom. The molecule has 2 aliphatic rings. The number of benzene rings is 1. The van der Waals surface area contributed by atoms with Gasteiger partial charge in [0.1, 0.15) is 35.3 Å². The molecule has 8 heteroatoms. The number of rotatable bonds is 4. The predicted molar refractivity (Wildman–Crippen MR) is 77.6 cm³/mol. The van der Waals surface area contributed by atoms with Crippen LogP contribution in [0.1, 0.15) is 0 Å². The Kier molecular flexibility index (Phi) is 3.79. The molecule has 1 fully saturated rings. The number of carboxylic acid groups (broad SMARTS) is 1. The molecule has 1 saturated heterocycles. The number of ether oxygens (including phenoxy) is 1. The third kappa shape index (κ3) is 2.44. The van der Waals surface area contributed by atoms with Crippen molar-refractivity contribution in [3.05, 3.63) is 41.4 Å². The summed E-state index contributed by atoms with van der Waals surface area (Å²) in [7, 11) is 0. The van der Waals surface area contributed by atoms with Crippen LogP contribution in [-0.2, 0) is 9.59 Å². The topological polar surface area (TPSA) is 92.9 Å². The minimum Gasteiger partial charge on any atom is -0.489 e. The number of carbonyl (C=O) groups is 2. The average Bonchev–Trinajstić information content (AvgIpc) is 2.52. The van der Waals surface area contributed by atoms with Crippen molar-refractivity contribution in [2.45, 2.75) is 11.4 Å². The fourth-order valence-corrected chi connectivity index (χ4v) is 3.67. The molecule has 0 spiro atoms. The number of carboxylic acids is 1. The van der Waals surface area contributed by atoms with E-state index in [4.69, 9.17) is 10.5 Å². The molecule has 0 bridgehead atoms. The summed E-state index contributed by atoms with van der Waals surface area (Å²) in [5.74, 6) is -1.10. The average molecular weight is 324 g/mol. The number of hydrogen-bond donors (Lipinski definition) is 2. The zero-order valence-corrected chi connectivity index (χ0v) is 12.2. The molecule has 1 unspecified atom stereocenters. The highest BCUT2D eigenvalue weighted by Gasteiger charge is 2.51. The van der Waals surface area contributed by atoms with Gasteiger partial charge in [0, 0.05) is 11.3 Å². The van der Waals surface area contributed by atoms with Gasteiger partial charge in [-0.05, 0) is 24.3 Å². The van der Waals surface area contributed by atoms with Crippen LogP contribution in [0, 0.1) is 5.82 Å². The molecule has 0 saturated carbocycles. The number of thioether (sulfide) groups is 1. The van der Waals surface area contributed by atoms with Gasteiger partial charge in [-0.2, -0.15) is 0 Å². The SMILES string of the molecule is NC1C(=O)N2C(C(=O)O)=C(COc3ccc(F)cc3)CS[C@H]12. The van der Waals surface area contributed by atoms with E-state index in [1.165, 1.54) is 40.9 Å². The van der Waals surface area contributed by atoms with Crippen molar-refractivity contribution in [2.75, 3.05) is 12.4 Å². The first-order valence-corrected chi connectivity index (χ1v) is 7.58. The van der Waals surface area contributed by atoms with Crippen LogP contribution >= 0.6 is 11.8 Å². The van der Waals surface area contributed by atoms with Gasteiger partial charge in [-0.1, -0.05) is 0 Å². The highest BCUT2D eigenvalue weighted by Crippen LogP contribution is 2.39. The van der Waals surface area contributed by atoms with Crippen LogP contribution in [0.2, 0.25) is 0 Å². The Hall–Kier alpha value is -2.06. The lowest BCUT2D eigenvalue weighted by molar-refractivity contribution is -0.148. The summed E-state index contributed by atoms with van der Waals surface area (Å²) in [5.41, 5.74) is 6.11. The van der Waals surface area contributed by atoms with E-state index in [1.807, 2.05) is 0 Å². The summed E-state index contributed by atoms with van der Waals surface area (Å²) < 4.78 is 18.3. The van der Waals surface area contributed by atoms with Crippen molar-refractivity contribution in [2.24, 2.45) is 5.73 Å². The molecule has 22 heavy (non-hydrogen) atoms. The van der Waals surface area contributed by atoms with Gasteiger partial charge in [0.15, 0.2) is 0 Å². The standard InChI is InChI=1S/C14H13FN2O4S/c15-8-1-3-9(4-2-8)21-5-7-6-22-13-10(16)12(18)17(13)11(7)14(19)20/h1-4,10,13H,5-6,16H2,(H,19,20)/t10?,13-/m1/s1. The van der Waals surface area contributed by atoms with Crippen molar-refractivity contribution in [3.63, 3.8) is 0 Å². The normalized spacial score (nSPS) is 23.9. The first-order chi connectivity index (χ1) is 10.5. The number of nitrogens with zero attached hydrogens (tertiary/aromatic N) is 1. The van der Waals surface area contributed by atoms with E-state index in [0.717, 1.165) is 0 Å². The molecule has 6 nitrogen and oxygen atoms in total. The van der Waals surface area contributed by atoms with Gasteiger partial charge in [-0.3, -0.25) is 9.69 Å². The lowest BCUT2D eigenvalue weighted by Gasteiger charge is -2.47. The Labute approximate surface area is 129 Å². The highest BCUT2D eigenvalue weighted by atomic mass is 32.2. The van der Waals surface area contributed by atoms with Crippen LogP contribution in [0.5, 0.6) is 5.75 Å². The first kappa shape index (κ1) is 14.9.